The molecule has 0 radical (unpaired) electrons. The van der Waals surface area contributed by atoms with Crippen molar-refractivity contribution in [2.45, 2.75) is 6.92 Å². The van der Waals surface area contributed by atoms with Gasteiger partial charge in [0, 0.05) is 32.8 Å². The lowest BCUT2D eigenvalue weighted by molar-refractivity contribution is -0.136. The number of hydrogen-bond acceptors (Lipinski definition) is 3. The summed E-state index contributed by atoms with van der Waals surface area (Å²) in [5.74, 6) is -0.202. The molecule has 0 atom stereocenters. The zero-order chi connectivity index (χ0) is 13.7. The second-order valence-electron chi connectivity index (χ2n) is 4.46. The molecule has 1 aromatic carbocycles. The quantitative estimate of drug-likeness (QED) is 0.828. The molecule has 0 aromatic heterocycles. The monoisotopic (exact) mass is 266 g/mol. The van der Waals surface area contributed by atoms with Gasteiger partial charge in [-0.1, -0.05) is 12.1 Å². The molecule has 19 heavy (non-hydrogen) atoms. The predicted molar refractivity (Wildman–Crippen MR) is 71.7 cm³/mol. The molecule has 1 amide bonds. The van der Waals surface area contributed by atoms with Gasteiger partial charge < -0.3 is 14.5 Å². The number of carbonyl (C=O) groups is 1. The molecule has 1 aromatic rings. The molecule has 1 fully saturated rings. The first-order valence-electron chi connectivity index (χ1n) is 6.57. The molecule has 0 unspecified atom stereocenters. The molecular weight excluding hydrogens is 247 g/mol. The lowest BCUT2D eigenvalue weighted by Crippen LogP contribution is -2.50. The Morgan fingerprint density at radius 3 is 2.58 bits per heavy atom. The first kappa shape index (κ1) is 13.8. The van der Waals surface area contributed by atoms with Crippen molar-refractivity contribution in [2.75, 3.05) is 44.3 Å². The van der Waals surface area contributed by atoms with Gasteiger partial charge >= 0.3 is 0 Å². The summed E-state index contributed by atoms with van der Waals surface area (Å²) in [6, 6.07) is 6.74. The third-order valence-corrected chi connectivity index (χ3v) is 3.26. The van der Waals surface area contributed by atoms with E-state index in [0.29, 0.717) is 38.5 Å². The van der Waals surface area contributed by atoms with Crippen LogP contribution in [0.4, 0.5) is 10.1 Å². The zero-order valence-corrected chi connectivity index (χ0v) is 11.1. The number of nitrogens with zero attached hydrogens (tertiary/aromatic N) is 2. The van der Waals surface area contributed by atoms with E-state index >= 15 is 0 Å². The van der Waals surface area contributed by atoms with E-state index in [4.69, 9.17) is 4.74 Å². The van der Waals surface area contributed by atoms with Gasteiger partial charge in [0.05, 0.1) is 5.69 Å². The molecule has 0 bridgehead atoms. The molecule has 2 rings (SSSR count). The second kappa shape index (κ2) is 6.52. The van der Waals surface area contributed by atoms with Gasteiger partial charge in [-0.05, 0) is 19.1 Å². The fourth-order valence-electron chi connectivity index (χ4n) is 2.19. The summed E-state index contributed by atoms with van der Waals surface area (Å²) >= 11 is 0. The van der Waals surface area contributed by atoms with E-state index in [2.05, 4.69) is 0 Å². The minimum absolute atomic E-state index is 0.00929. The zero-order valence-electron chi connectivity index (χ0n) is 11.1. The van der Waals surface area contributed by atoms with Gasteiger partial charge in [0.1, 0.15) is 12.4 Å². The molecule has 1 saturated heterocycles. The van der Waals surface area contributed by atoms with Crippen molar-refractivity contribution >= 4 is 11.6 Å². The number of ether oxygens (including phenoxy) is 1. The Labute approximate surface area is 112 Å². The van der Waals surface area contributed by atoms with Crippen LogP contribution in [0.5, 0.6) is 0 Å². The van der Waals surface area contributed by atoms with Gasteiger partial charge in [-0.15, -0.1) is 0 Å². The Kier molecular flexibility index (Phi) is 4.74. The molecule has 0 N–H and O–H groups in total. The molecule has 1 aliphatic rings. The van der Waals surface area contributed by atoms with Crippen LogP contribution in [0.2, 0.25) is 0 Å². The highest BCUT2D eigenvalue weighted by Crippen LogP contribution is 2.20. The lowest BCUT2D eigenvalue weighted by Gasteiger charge is -2.36. The highest BCUT2D eigenvalue weighted by Gasteiger charge is 2.22. The topological polar surface area (TPSA) is 32.8 Å². The van der Waals surface area contributed by atoms with Crippen LogP contribution in [0.15, 0.2) is 24.3 Å². The maximum Gasteiger partial charge on any atom is 0.248 e. The van der Waals surface area contributed by atoms with Crippen LogP contribution in [0.1, 0.15) is 6.92 Å². The van der Waals surface area contributed by atoms with Crippen molar-refractivity contribution in [1.82, 2.24) is 4.90 Å². The fraction of sp³-hybridized carbons (Fsp3) is 0.500. The molecule has 4 nitrogen and oxygen atoms in total. The summed E-state index contributed by atoms with van der Waals surface area (Å²) in [5, 5.41) is 0. The maximum atomic E-state index is 13.7. The van der Waals surface area contributed by atoms with Crippen LogP contribution in [-0.2, 0) is 9.53 Å². The Morgan fingerprint density at radius 2 is 1.95 bits per heavy atom. The van der Waals surface area contributed by atoms with Gasteiger partial charge in [-0.3, -0.25) is 4.79 Å². The average molecular weight is 266 g/mol. The van der Waals surface area contributed by atoms with Crippen molar-refractivity contribution in [3.8, 4) is 0 Å². The van der Waals surface area contributed by atoms with Crippen LogP contribution < -0.4 is 4.90 Å². The maximum absolute atomic E-state index is 13.7. The van der Waals surface area contributed by atoms with Crippen molar-refractivity contribution in [2.24, 2.45) is 0 Å². The van der Waals surface area contributed by atoms with Crippen LogP contribution in [0, 0.1) is 5.82 Å². The molecule has 1 heterocycles. The number of halogens is 1. The van der Waals surface area contributed by atoms with Crippen LogP contribution in [-0.4, -0.2) is 50.2 Å². The largest absolute Gasteiger partial charge is 0.372 e. The van der Waals surface area contributed by atoms with Crippen LogP contribution in [0.25, 0.3) is 0 Å². The predicted octanol–water partition coefficient (Wildman–Crippen LogP) is 1.51. The van der Waals surface area contributed by atoms with Crippen molar-refractivity contribution in [3.05, 3.63) is 30.1 Å². The van der Waals surface area contributed by atoms with E-state index in [1.54, 1.807) is 17.0 Å². The summed E-state index contributed by atoms with van der Waals surface area (Å²) in [7, 11) is 0. The van der Waals surface area contributed by atoms with E-state index in [0.717, 1.165) is 0 Å². The Bertz CT molecular complexity index is 431. The number of amides is 1. The summed E-state index contributed by atoms with van der Waals surface area (Å²) in [6.45, 7) is 5.07. The number of benzene rings is 1. The van der Waals surface area contributed by atoms with Gasteiger partial charge in [-0.25, -0.2) is 4.39 Å². The Balaban J connectivity index is 1.89. The molecular formula is C14H19FN2O2. The van der Waals surface area contributed by atoms with Gasteiger partial charge in [0.25, 0.3) is 0 Å². The standard InChI is InChI=1S/C14H19FN2O2/c1-2-19-11-14(18)17-9-7-16(8-10-17)13-6-4-3-5-12(13)15/h3-6H,2,7-11H2,1H3. The minimum atomic E-state index is -0.211. The third-order valence-electron chi connectivity index (χ3n) is 3.26. The van der Waals surface area contributed by atoms with Crippen molar-refractivity contribution < 1.29 is 13.9 Å². The van der Waals surface area contributed by atoms with E-state index in [1.807, 2.05) is 17.9 Å². The summed E-state index contributed by atoms with van der Waals surface area (Å²) < 4.78 is 18.8. The number of hydrogen-bond donors (Lipinski definition) is 0. The highest BCUT2D eigenvalue weighted by molar-refractivity contribution is 5.77. The molecule has 5 heteroatoms. The number of para-hydroxylation sites is 1. The Morgan fingerprint density at radius 1 is 1.26 bits per heavy atom. The summed E-state index contributed by atoms with van der Waals surface area (Å²) in [6.07, 6.45) is 0. The normalized spacial score (nSPS) is 15.7. The Hall–Kier alpha value is -1.62. The molecule has 0 spiro atoms. The first-order chi connectivity index (χ1) is 9.22. The van der Waals surface area contributed by atoms with E-state index in [9.17, 15) is 9.18 Å². The second-order valence-corrected chi connectivity index (χ2v) is 4.46. The van der Waals surface area contributed by atoms with E-state index in [1.165, 1.54) is 6.07 Å². The van der Waals surface area contributed by atoms with Gasteiger partial charge in [0.15, 0.2) is 0 Å². The number of anilines is 1. The summed E-state index contributed by atoms with van der Waals surface area (Å²) in [5.41, 5.74) is 0.611. The molecule has 1 aliphatic heterocycles. The van der Waals surface area contributed by atoms with Gasteiger partial charge in [-0.2, -0.15) is 0 Å². The first-order valence-corrected chi connectivity index (χ1v) is 6.57. The van der Waals surface area contributed by atoms with Gasteiger partial charge in [0.2, 0.25) is 5.91 Å². The van der Waals surface area contributed by atoms with Crippen LogP contribution in [0.3, 0.4) is 0 Å². The molecule has 0 aliphatic carbocycles. The van der Waals surface area contributed by atoms with E-state index < -0.39 is 0 Å². The molecule has 0 saturated carbocycles. The smallest absolute Gasteiger partial charge is 0.248 e. The van der Waals surface area contributed by atoms with Crippen molar-refractivity contribution in [3.63, 3.8) is 0 Å². The number of carbonyl (C=O) groups excluding carboxylic acids is 1. The average Bonchev–Trinajstić information content (AvgIpc) is 2.45. The lowest BCUT2D eigenvalue weighted by atomic mass is 10.2. The summed E-state index contributed by atoms with van der Waals surface area (Å²) in [4.78, 5) is 15.5. The fourth-order valence-corrected chi connectivity index (χ4v) is 2.19. The highest BCUT2D eigenvalue weighted by atomic mass is 19.1. The number of piperazine rings is 1. The van der Waals surface area contributed by atoms with Crippen molar-refractivity contribution in [1.29, 1.82) is 0 Å². The third kappa shape index (κ3) is 3.44. The van der Waals surface area contributed by atoms with Crippen LogP contribution >= 0.6 is 0 Å². The minimum Gasteiger partial charge on any atom is -0.372 e. The SMILES string of the molecule is CCOCC(=O)N1CCN(c2ccccc2F)CC1. The van der Waals surface area contributed by atoms with E-state index in [-0.39, 0.29) is 18.3 Å². The number of rotatable bonds is 4. The molecule has 104 valence electrons.